The Morgan fingerprint density at radius 1 is 0.842 bits per heavy atom. The molecule has 2 heteroatoms. The number of para-hydroxylation sites is 1. The Labute approximate surface area is 115 Å². The molecule has 0 heterocycles. The summed E-state index contributed by atoms with van der Waals surface area (Å²) in [7, 11) is 0. The Hall–Kier alpha value is -2.22. The summed E-state index contributed by atoms with van der Waals surface area (Å²) in [6.45, 7) is 4.17. The second-order valence-electron chi connectivity index (χ2n) is 4.53. The minimum absolute atomic E-state index is 0.345. The highest BCUT2D eigenvalue weighted by molar-refractivity contribution is 5.62. The molecule has 0 fully saturated rings. The summed E-state index contributed by atoms with van der Waals surface area (Å²) in [5.41, 5.74) is 3.32. The SMILES string of the molecule is C/C=C/C(C)Nc1ccc(Nc2ccccc2)cc1. The molecule has 2 N–H and O–H groups in total. The maximum atomic E-state index is 3.42. The lowest BCUT2D eigenvalue weighted by Gasteiger charge is -2.12. The van der Waals surface area contributed by atoms with Crippen molar-refractivity contribution in [1.29, 1.82) is 0 Å². The van der Waals surface area contributed by atoms with Gasteiger partial charge >= 0.3 is 0 Å². The quantitative estimate of drug-likeness (QED) is 0.746. The van der Waals surface area contributed by atoms with Crippen molar-refractivity contribution in [3.05, 3.63) is 66.7 Å². The van der Waals surface area contributed by atoms with E-state index in [0.29, 0.717) is 6.04 Å². The van der Waals surface area contributed by atoms with Gasteiger partial charge in [0.25, 0.3) is 0 Å². The van der Waals surface area contributed by atoms with E-state index in [4.69, 9.17) is 0 Å². The maximum absolute atomic E-state index is 3.42. The molecule has 0 saturated heterocycles. The van der Waals surface area contributed by atoms with Crippen LogP contribution in [0, 0.1) is 0 Å². The van der Waals surface area contributed by atoms with Gasteiger partial charge in [0.2, 0.25) is 0 Å². The van der Waals surface area contributed by atoms with Gasteiger partial charge in [-0.2, -0.15) is 0 Å². The Morgan fingerprint density at radius 3 is 2.05 bits per heavy atom. The second-order valence-corrected chi connectivity index (χ2v) is 4.53. The molecule has 2 aromatic rings. The Balaban J connectivity index is 1.98. The van der Waals surface area contributed by atoms with Crippen LogP contribution in [0.5, 0.6) is 0 Å². The van der Waals surface area contributed by atoms with Crippen molar-refractivity contribution in [2.24, 2.45) is 0 Å². The van der Waals surface area contributed by atoms with Crippen LogP contribution in [0.25, 0.3) is 0 Å². The second kappa shape index (κ2) is 6.64. The van der Waals surface area contributed by atoms with Crippen LogP contribution >= 0.6 is 0 Å². The van der Waals surface area contributed by atoms with Crippen molar-refractivity contribution in [3.8, 4) is 0 Å². The third-order valence-electron chi connectivity index (χ3n) is 2.82. The summed E-state index contributed by atoms with van der Waals surface area (Å²) in [6.07, 6.45) is 4.19. The standard InChI is InChI=1S/C17H20N2/c1-3-7-14(2)18-16-10-12-17(13-11-16)19-15-8-5-4-6-9-15/h3-14,18-19H,1-2H3/b7-3+. The molecule has 2 nitrogen and oxygen atoms in total. The van der Waals surface area contributed by atoms with Gasteiger partial charge in [-0.05, 0) is 50.2 Å². The van der Waals surface area contributed by atoms with Gasteiger partial charge in [-0.25, -0.2) is 0 Å². The van der Waals surface area contributed by atoms with E-state index in [9.17, 15) is 0 Å². The zero-order valence-electron chi connectivity index (χ0n) is 11.4. The number of hydrogen-bond acceptors (Lipinski definition) is 2. The summed E-state index contributed by atoms with van der Waals surface area (Å²) in [5.74, 6) is 0. The van der Waals surface area contributed by atoms with E-state index in [1.54, 1.807) is 0 Å². The van der Waals surface area contributed by atoms with E-state index < -0.39 is 0 Å². The molecular formula is C17H20N2. The molecule has 1 unspecified atom stereocenters. The van der Waals surface area contributed by atoms with Gasteiger partial charge in [0, 0.05) is 23.1 Å². The zero-order chi connectivity index (χ0) is 13.5. The average Bonchev–Trinajstić information content (AvgIpc) is 2.42. The first-order chi connectivity index (χ1) is 9.28. The fraction of sp³-hybridized carbons (Fsp3) is 0.176. The number of nitrogens with one attached hydrogen (secondary N) is 2. The highest BCUT2D eigenvalue weighted by Crippen LogP contribution is 2.19. The van der Waals surface area contributed by atoms with E-state index in [0.717, 1.165) is 17.1 Å². The van der Waals surface area contributed by atoms with Crippen molar-refractivity contribution >= 4 is 17.1 Å². The molecule has 0 bridgehead atoms. The predicted molar refractivity (Wildman–Crippen MR) is 84.1 cm³/mol. The van der Waals surface area contributed by atoms with Crippen molar-refractivity contribution in [2.75, 3.05) is 10.6 Å². The lowest BCUT2D eigenvalue weighted by atomic mass is 10.2. The molecule has 0 saturated carbocycles. The van der Waals surface area contributed by atoms with E-state index in [1.165, 1.54) is 0 Å². The van der Waals surface area contributed by atoms with Crippen LogP contribution in [-0.2, 0) is 0 Å². The van der Waals surface area contributed by atoms with E-state index in [-0.39, 0.29) is 0 Å². The Kier molecular flexibility index (Phi) is 4.62. The molecule has 2 rings (SSSR count). The van der Waals surface area contributed by atoms with Crippen LogP contribution in [0.1, 0.15) is 13.8 Å². The normalized spacial score (nSPS) is 12.3. The highest BCUT2D eigenvalue weighted by atomic mass is 14.9. The Bertz CT molecular complexity index is 515. The van der Waals surface area contributed by atoms with Crippen LogP contribution in [0.15, 0.2) is 66.7 Å². The van der Waals surface area contributed by atoms with Crippen molar-refractivity contribution < 1.29 is 0 Å². The van der Waals surface area contributed by atoms with Gasteiger partial charge in [0.05, 0.1) is 0 Å². The summed E-state index contributed by atoms with van der Waals surface area (Å²) in [5, 5.41) is 6.79. The molecule has 1 atom stereocenters. The predicted octanol–water partition coefficient (Wildman–Crippen LogP) is 4.81. The first kappa shape index (κ1) is 13.2. The van der Waals surface area contributed by atoms with Gasteiger partial charge in [-0.1, -0.05) is 30.4 Å². The molecule has 0 aliphatic heterocycles. The van der Waals surface area contributed by atoms with Crippen molar-refractivity contribution in [1.82, 2.24) is 0 Å². The number of rotatable bonds is 5. The number of benzene rings is 2. The lowest BCUT2D eigenvalue weighted by Crippen LogP contribution is -2.11. The topological polar surface area (TPSA) is 24.1 Å². The zero-order valence-corrected chi connectivity index (χ0v) is 11.4. The third kappa shape index (κ3) is 4.18. The van der Waals surface area contributed by atoms with E-state index in [2.05, 4.69) is 66.1 Å². The molecule has 2 aromatic carbocycles. The van der Waals surface area contributed by atoms with Crippen LogP contribution in [0.2, 0.25) is 0 Å². The molecule has 0 radical (unpaired) electrons. The molecular weight excluding hydrogens is 232 g/mol. The van der Waals surface area contributed by atoms with Crippen LogP contribution in [-0.4, -0.2) is 6.04 Å². The van der Waals surface area contributed by atoms with Gasteiger partial charge in [0.15, 0.2) is 0 Å². The molecule has 0 amide bonds. The third-order valence-corrected chi connectivity index (χ3v) is 2.82. The smallest absolute Gasteiger partial charge is 0.0416 e. The summed E-state index contributed by atoms with van der Waals surface area (Å²) < 4.78 is 0. The largest absolute Gasteiger partial charge is 0.379 e. The van der Waals surface area contributed by atoms with E-state index >= 15 is 0 Å². The number of anilines is 3. The molecule has 0 aliphatic carbocycles. The number of allylic oxidation sites excluding steroid dienone is 1. The lowest BCUT2D eigenvalue weighted by molar-refractivity contribution is 0.995. The minimum atomic E-state index is 0.345. The van der Waals surface area contributed by atoms with Crippen molar-refractivity contribution in [2.45, 2.75) is 19.9 Å². The van der Waals surface area contributed by atoms with Crippen LogP contribution < -0.4 is 10.6 Å². The van der Waals surface area contributed by atoms with Crippen molar-refractivity contribution in [3.63, 3.8) is 0 Å². The van der Waals surface area contributed by atoms with Gasteiger partial charge in [-0.15, -0.1) is 0 Å². The molecule has 0 aliphatic rings. The monoisotopic (exact) mass is 252 g/mol. The fourth-order valence-electron chi connectivity index (χ4n) is 1.94. The highest BCUT2D eigenvalue weighted by Gasteiger charge is 1.98. The fourth-order valence-corrected chi connectivity index (χ4v) is 1.94. The number of hydrogen-bond donors (Lipinski definition) is 2. The minimum Gasteiger partial charge on any atom is -0.379 e. The molecule has 0 spiro atoms. The summed E-state index contributed by atoms with van der Waals surface area (Å²) in [6, 6.07) is 18.9. The average molecular weight is 252 g/mol. The molecule has 98 valence electrons. The van der Waals surface area contributed by atoms with Gasteiger partial charge in [0.1, 0.15) is 0 Å². The molecule has 0 aromatic heterocycles. The summed E-state index contributed by atoms with van der Waals surface area (Å²) in [4.78, 5) is 0. The first-order valence-electron chi connectivity index (χ1n) is 6.59. The van der Waals surface area contributed by atoms with Crippen LogP contribution in [0.4, 0.5) is 17.1 Å². The van der Waals surface area contributed by atoms with E-state index in [1.807, 2.05) is 25.1 Å². The Morgan fingerprint density at radius 2 is 1.42 bits per heavy atom. The van der Waals surface area contributed by atoms with Gasteiger partial charge < -0.3 is 10.6 Å². The molecule has 19 heavy (non-hydrogen) atoms. The van der Waals surface area contributed by atoms with Crippen LogP contribution in [0.3, 0.4) is 0 Å². The maximum Gasteiger partial charge on any atom is 0.0416 e. The first-order valence-corrected chi connectivity index (χ1v) is 6.59. The summed E-state index contributed by atoms with van der Waals surface area (Å²) >= 11 is 0. The van der Waals surface area contributed by atoms with Gasteiger partial charge in [-0.3, -0.25) is 0 Å².